The molecule has 1 aromatic rings. The molecule has 1 heterocycles. The number of amides is 1. The molecule has 1 saturated heterocycles. The quantitative estimate of drug-likeness (QED) is 0.441. The third-order valence-corrected chi connectivity index (χ3v) is 5.96. The van der Waals surface area contributed by atoms with E-state index >= 15 is 4.39 Å². The molecule has 1 aromatic carbocycles. The number of carbonyl (C=O) groups excluding carboxylic acids is 2. The first kappa shape index (κ1) is 21.5. The largest absolute Gasteiger partial charge is 0.469 e. The molecule has 1 atom stereocenters. The number of rotatable bonds is 6. The summed E-state index contributed by atoms with van der Waals surface area (Å²) in [6.45, 7) is 3.91. The lowest BCUT2D eigenvalue weighted by molar-refractivity contribution is -0.140. The van der Waals surface area contributed by atoms with Crippen LogP contribution >= 0.6 is 24.4 Å². The minimum absolute atomic E-state index is 0.0897. The highest BCUT2D eigenvalue weighted by atomic mass is 32.2. The fourth-order valence-electron chi connectivity index (χ4n) is 3.09. The molecule has 1 amide bonds. The van der Waals surface area contributed by atoms with Crippen LogP contribution in [0.5, 0.6) is 0 Å². The molecule has 9 heteroatoms. The molecule has 1 fully saturated rings. The third kappa shape index (κ3) is 3.93. The lowest BCUT2D eigenvalue weighted by Gasteiger charge is -2.31. The van der Waals surface area contributed by atoms with Gasteiger partial charge in [-0.2, -0.15) is 5.26 Å². The summed E-state index contributed by atoms with van der Waals surface area (Å²) in [5.41, 5.74) is -1.29. The zero-order chi connectivity index (χ0) is 20.4. The number of nitrogens with zero attached hydrogens (tertiary/aromatic N) is 3. The normalized spacial score (nSPS) is 19.2. The number of esters is 1. The van der Waals surface area contributed by atoms with E-state index in [4.69, 9.17) is 5.26 Å². The Kier molecular flexibility index (Phi) is 6.78. The lowest BCUT2D eigenvalue weighted by atomic mass is 10.0. The number of thiol groups is 1. The van der Waals surface area contributed by atoms with Crippen LogP contribution in [-0.4, -0.2) is 47.7 Å². The number of anilines is 1. The van der Waals surface area contributed by atoms with Gasteiger partial charge in [-0.15, -0.1) is 24.4 Å². The van der Waals surface area contributed by atoms with E-state index in [0.717, 1.165) is 11.8 Å². The van der Waals surface area contributed by atoms with Gasteiger partial charge in [0.25, 0.3) is 0 Å². The average Bonchev–Trinajstić information content (AvgIpc) is 2.80. The van der Waals surface area contributed by atoms with Crippen LogP contribution in [0.15, 0.2) is 17.0 Å². The summed E-state index contributed by atoms with van der Waals surface area (Å²) >= 11 is 5.67. The molecule has 0 spiro atoms. The summed E-state index contributed by atoms with van der Waals surface area (Å²) in [7, 11) is 1.33. The van der Waals surface area contributed by atoms with Crippen molar-refractivity contribution in [2.24, 2.45) is 0 Å². The standard InChI is InChI=1S/C18H22FN3O3S2/c1-18(2)16(24)22(17(26)21(18)9-5-6-13(23)25-3)12-8-7-11(10-20)15(27-4)14(12)19/h7-8,17,26H,5-6,9H2,1-4H3. The van der Waals surface area contributed by atoms with Crippen LogP contribution in [0.2, 0.25) is 0 Å². The Morgan fingerprint density at radius 3 is 2.70 bits per heavy atom. The van der Waals surface area contributed by atoms with Crippen LogP contribution in [0.1, 0.15) is 32.3 Å². The van der Waals surface area contributed by atoms with Crippen molar-refractivity contribution in [2.75, 3.05) is 24.8 Å². The second-order valence-corrected chi connectivity index (χ2v) is 7.82. The number of methoxy groups -OCH3 is 1. The first-order valence-electron chi connectivity index (χ1n) is 8.32. The molecular weight excluding hydrogens is 389 g/mol. The van der Waals surface area contributed by atoms with Gasteiger partial charge in [-0.25, -0.2) is 4.39 Å². The molecule has 2 rings (SSSR count). The number of thioether (sulfide) groups is 1. The summed E-state index contributed by atoms with van der Waals surface area (Å²) in [5, 5.41) is 9.15. The van der Waals surface area contributed by atoms with E-state index in [1.807, 2.05) is 11.0 Å². The van der Waals surface area contributed by atoms with Crippen molar-refractivity contribution in [3.63, 3.8) is 0 Å². The SMILES string of the molecule is COC(=O)CCCN1C(S)N(c2ccc(C#N)c(SC)c2F)C(=O)C1(C)C. The van der Waals surface area contributed by atoms with Crippen molar-refractivity contribution in [3.8, 4) is 6.07 Å². The molecule has 1 aliphatic rings. The van der Waals surface area contributed by atoms with E-state index in [0.29, 0.717) is 13.0 Å². The predicted octanol–water partition coefficient (Wildman–Crippen LogP) is 3.01. The Morgan fingerprint density at radius 2 is 2.15 bits per heavy atom. The Labute approximate surface area is 168 Å². The highest BCUT2D eigenvalue weighted by molar-refractivity contribution is 7.98. The number of ether oxygens (including phenoxy) is 1. The maximum absolute atomic E-state index is 15.0. The van der Waals surface area contributed by atoms with Gasteiger partial charge < -0.3 is 4.74 Å². The zero-order valence-corrected chi connectivity index (χ0v) is 17.4. The molecule has 0 aromatic heterocycles. The molecule has 0 N–H and O–H groups in total. The van der Waals surface area contributed by atoms with Crippen LogP contribution in [0, 0.1) is 17.1 Å². The van der Waals surface area contributed by atoms with Crippen molar-refractivity contribution in [3.05, 3.63) is 23.5 Å². The van der Waals surface area contributed by atoms with Crippen molar-refractivity contribution in [2.45, 2.75) is 42.6 Å². The Bertz CT molecular complexity index is 795. The average molecular weight is 412 g/mol. The maximum atomic E-state index is 15.0. The topological polar surface area (TPSA) is 73.6 Å². The van der Waals surface area contributed by atoms with Crippen LogP contribution in [-0.2, 0) is 14.3 Å². The summed E-state index contributed by atoms with van der Waals surface area (Å²) in [6.07, 6.45) is 2.38. The van der Waals surface area contributed by atoms with Gasteiger partial charge in [-0.1, -0.05) is 0 Å². The molecule has 0 radical (unpaired) electrons. The van der Waals surface area contributed by atoms with Crippen molar-refractivity contribution in [1.82, 2.24) is 4.90 Å². The number of halogens is 1. The van der Waals surface area contributed by atoms with Gasteiger partial charge in [-0.3, -0.25) is 19.4 Å². The molecule has 1 unspecified atom stereocenters. The van der Waals surface area contributed by atoms with Gasteiger partial charge in [-0.05, 0) is 38.7 Å². The Morgan fingerprint density at radius 1 is 1.48 bits per heavy atom. The minimum Gasteiger partial charge on any atom is -0.469 e. The summed E-state index contributed by atoms with van der Waals surface area (Å²) < 4.78 is 19.7. The van der Waals surface area contributed by atoms with Crippen LogP contribution < -0.4 is 4.90 Å². The van der Waals surface area contributed by atoms with E-state index in [2.05, 4.69) is 17.4 Å². The van der Waals surface area contributed by atoms with Gasteiger partial charge in [0.15, 0.2) is 5.82 Å². The zero-order valence-electron chi connectivity index (χ0n) is 15.7. The molecule has 0 saturated carbocycles. The molecule has 0 aliphatic carbocycles. The smallest absolute Gasteiger partial charge is 0.305 e. The molecule has 27 heavy (non-hydrogen) atoms. The van der Waals surface area contributed by atoms with E-state index in [9.17, 15) is 9.59 Å². The number of hydrogen-bond donors (Lipinski definition) is 1. The van der Waals surface area contributed by atoms with Gasteiger partial charge >= 0.3 is 5.97 Å². The van der Waals surface area contributed by atoms with Crippen LogP contribution in [0.25, 0.3) is 0 Å². The van der Waals surface area contributed by atoms with Crippen molar-refractivity contribution >= 4 is 42.0 Å². The number of hydrogen-bond acceptors (Lipinski definition) is 7. The molecule has 1 aliphatic heterocycles. The van der Waals surface area contributed by atoms with Gasteiger partial charge in [0, 0.05) is 13.0 Å². The first-order valence-corrected chi connectivity index (χ1v) is 10.1. The highest BCUT2D eigenvalue weighted by Gasteiger charge is 2.51. The second-order valence-electron chi connectivity index (χ2n) is 6.54. The molecule has 6 nitrogen and oxygen atoms in total. The molecular formula is C18H22FN3O3S2. The fourth-order valence-corrected chi connectivity index (χ4v) is 4.35. The highest BCUT2D eigenvalue weighted by Crippen LogP contribution is 2.40. The summed E-state index contributed by atoms with van der Waals surface area (Å²) in [4.78, 5) is 27.7. The van der Waals surface area contributed by atoms with Crippen LogP contribution in [0.3, 0.4) is 0 Å². The molecule has 0 bridgehead atoms. The summed E-state index contributed by atoms with van der Waals surface area (Å²) in [6, 6.07) is 4.90. The van der Waals surface area contributed by atoms with E-state index in [1.54, 1.807) is 20.1 Å². The van der Waals surface area contributed by atoms with Crippen LogP contribution in [0.4, 0.5) is 10.1 Å². The summed E-state index contributed by atoms with van der Waals surface area (Å²) in [5.74, 6) is -1.23. The monoisotopic (exact) mass is 411 g/mol. The maximum Gasteiger partial charge on any atom is 0.305 e. The van der Waals surface area contributed by atoms with Gasteiger partial charge in [0.1, 0.15) is 11.6 Å². The van der Waals surface area contributed by atoms with Gasteiger partial charge in [0.05, 0.1) is 28.8 Å². The lowest BCUT2D eigenvalue weighted by Crippen LogP contribution is -2.45. The van der Waals surface area contributed by atoms with Gasteiger partial charge in [0.2, 0.25) is 5.91 Å². The van der Waals surface area contributed by atoms with E-state index < -0.39 is 16.9 Å². The second kappa shape index (κ2) is 8.50. The van der Waals surface area contributed by atoms with Crippen molar-refractivity contribution < 1.29 is 18.7 Å². The number of benzene rings is 1. The van der Waals surface area contributed by atoms with Crippen molar-refractivity contribution in [1.29, 1.82) is 5.26 Å². The predicted molar refractivity (Wildman–Crippen MR) is 105 cm³/mol. The Balaban J connectivity index is 2.35. The minimum atomic E-state index is -0.914. The first-order chi connectivity index (χ1) is 12.7. The Hall–Kier alpha value is -1.76. The van der Waals surface area contributed by atoms with E-state index in [-0.39, 0.29) is 34.4 Å². The number of carbonyl (C=O) groups is 2. The fraction of sp³-hybridized carbons (Fsp3) is 0.500. The molecule has 146 valence electrons. The number of nitriles is 1. The third-order valence-electron chi connectivity index (χ3n) is 4.64. The van der Waals surface area contributed by atoms with E-state index in [1.165, 1.54) is 24.1 Å².